The smallest absolute Gasteiger partial charge is 0.143 e. The maximum atomic E-state index is 6.59. The van der Waals surface area contributed by atoms with E-state index in [9.17, 15) is 0 Å². The summed E-state index contributed by atoms with van der Waals surface area (Å²) >= 11 is 1.86. The van der Waals surface area contributed by atoms with E-state index >= 15 is 0 Å². The Morgan fingerprint density at radius 2 is 1.10 bits per heavy atom. The Labute approximate surface area is 340 Å². The van der Waals surface area contributed by atoms with E-state index in [1.165, 1.54) is 64.6 Å². The van der Waals surface area contributed by atoms with Crippen molar-refractivity contribution in [2.45, 2.75) is 19.3 Å². The van der Waals surface area contributed by atoms with Gasteiger partial charge in [0, 0.05) is 53.0 Å². The Kier molecular flexibility index (Phi) is 7.18. The molecule has 1 aliphatic carbocycles. The standard InChI is InChI=1S/C55H37NOS/c1-55(2)44-21-8-5-17-41(44)51-40(20-11-22-45(51)55)39-16-6-9-23-46(39)56(47-24-13-27-50-53(47)42-18-7-10-26-49(42)58-50)36-31-28-35(29-32-36)37-19-12-25-48-52(37)43-33-30-34-14-3-4-15-38(34)54(43)57-48/h3-33H,1-2H3. The molecule has 0 spiro atoms. The van der Waals surface area contributed by atoms with E-state index in [4.69, 9.17) is 4.42 Å². The Bertz CT molecular complexity index is 3440. The van der Waals surface area contributed by atoms with Gasteiger partial charge in [-0.15, -0.1) is 11.3 Å². The third-order valence-corrected chi connectivity index (χ3v) is 13.6. The molecule has 0 unspecified atom stereocenters. The second-order valence-corrected chi connectivity index (χ2v) is 17.1. The number of thiophene rings is 1. The molecule has 0 N–H and O–H groups in total. The third kappa shape index (κ3) is 4.77. The van der Waals surface area contributed by atoms with E-state index in [0.29, 0.717) is 0 Å². The third-order valence-electron chi connectivity index (χ3n) is 12.5. The summed E-state index contributed by atoms with van der Waals surface area (Å²) in [6.45, 7) is 4.72. The van der Waals surface area contributed by atoms with Crippen molar-refractivity contribution in [3.63, 3.8) is 0 Å². The molecule has 2 aromatic heterocycles. The Morgan fingerprint density at radius 3 is 2.00 bits per heavy atom. The lowest BCUT2D eigenvalue weighted by atomic mass is 9.82. The number of fused-ring (bicyclic) bond motifs is 11. The number of benzene rings is 9. The van der Waals surface area contributed by atoms with Crippen LogP contribution in [0.1, 0.15) is 25.0 Å². The molecule has 12 rings (SSSR count). The number of para-hydroxylation sites is 1. The lowest BCUT2D eigenvalue weighted by Gasteiger charge is -2.29. The fourth-order valence-corrected chi connectivity index (χ4v) is 10.9. The molecule has 9 aromatic carbocycles. The minimum absolute atomic E-state index is 0.0934. The maximum absolute atomic E-state index is 6.59. The molecule has 2 heterocycles. The molecule has 3 heteroatoms. The lowest BCUT2D eigenvalue weighted by Crippen LogP contribution is -2.15. The van der Waals surface area contributed by atoms with Gasteiger partial charge in [0.25, 0.3) is 0 Å². The van der Waals surface area contributed by atoms with Crippen molar-refractivity contribution >= 4 is 81.3 Å². The molecule has 0 aliphatic heterocycles. The first-order valence-corrected chi connectivity index (χ1v) is 20.8. The Morgan fingerprint density at radius 1 is 0.448 bits per heavy atom. The van der Waals surface area contributed by atoms with Gasteiger partial charge in [0.15, 0.2) is 0 Å². The van der Waals surface area contributed by atoms with E-state index in [2.05, 4.69) is 207 Å². The summed E-state index contributed by atoms with van der Waals surface area (Å²) < 4.78 is 9.16. The van der Waals surface area contributed by atoms with Crippen LogP contribution in [0.25, 0.3) is 86.3 Å². The molecule has 58 heavy (non-hydrogen) atoms. The van der Waals surface area contributed by atoms with Gasteiger partial charge in [0.1, 0.15) is 11.2 Å². The first kappa shape index (κ1) is 33.2. The van der Waals surface area contributed by atoms with Crippen LogP contribution >= 0.6 is 11.3 Å². The zero-order valence-corrected chi connectivity index (χ0v) is 33.0. The highest BCUT2D eigenvalue weighted by Gasteiger charge is 2.37. The zero-order valence-electron chi connectivity index (χ0n) is 32.2. The predicted molar refractivity (Wildman–Crippen MR) is 247 cm³/mol. The van der Waals surface area contributed by atoms with Gasteiger partial charge in [-0.3, -0.25) is 0 Å². The van der Waals surface area contributed by atoms with E-state index in [0.717, 1.165) is 49.8 Å². The van der Waals surface area contributed by atoms with Crippen molar-refractivity contribution in [2.24, 2.45) is 0 Å². The van der Waals surface area contributed by atoms with Gasteiger partial charge in [0.05, 0.1) is 11.4 Å². The van der Waals surface area contributed by atoms with Crippen LogP contribution in [0.4, 0.5) is 17.1 Å². The summed E-state index contributed by atoms with van der Waals surface area (Å²) in [6, 6.07) is 68.9. The van der Waals surface area contributed by atoms with Crippen molar-refractivity contribution in [3.8, 4) is 33.4 Å². The van der Waals surface area contributed by atoms with Crippen molar-refractivity contribution in [2.75, 3.05) is 4.90 Å². The number of hydrogen-bond donors (Lipinski definition) is 0. The minimum Gasteiger partial charge on any atom is -0.455 e. The normalized spacial score (nSPS) is 13.1. The summed E-state index contributed by atoms with van der Waals surface area (Å²) in [5, 5.41) is 7.15. The fourth-order valence-electron chi connectivity index (χ4n) is 9.81. The molecule has 0 fully saturated rings. The monoisotopic (exact) mass is 759 g/mol. The SMILES string of the molecule is CC1(C)c2ccccc2-c2c(-c3ccccc3N(c3ccc(-c4cccc5oc6c7ccccc7ccc6c45)cc3)c3cccc4sc5ccccc5c34)cccc21. The number of nitrogens with zero attached hydrogens (tertiary/aromatic N) is 1. The average molecular weight is 760 g/mol. The Hall–Kier alpha value is -6.94. The van der Waals surface area contributed by atoms with Crippen LogP contribution in [0.15, 0.2) is 192 Å². The van der Waals surface area contributed by atoms with Gasteiger partial charge in [-0.25, -0.2) is 0 Å². The van der Waals surface area contributed by atoms with Crippen molar-refractivity contribution in [1.29, 1.82) is 0 Å². The summed E-state index contributed by atoms with van der Waals surface area (Å²) in [6.07, 6.45) is 0. The van der Waals surface area contributed by atoms with E-state index in [1.54, 1.807) is 0 Å². The van der Waals surface area contributed by atoms with Gasteiger partial charge in [-0.2, -0.15) is 0 Å². The number of rotatable bonds is 5. The molecular formula is C55H37NOS. The Balaban J connectivity index is 1.08. The maximum Gasteiger partial charge on any atom is 0.143 e. The summed E-state index contributed by atoms with van der Waals surface area (Å²) in [5.41, 5.74) is 15.3. The van der Waals surface area contributed by atoms with Gasteiger partial charge >= 0.3 is 0 Å². The highest BCUT2D eigenvalue weighted by molar-refractivity contribution is 7.26. The molecule has 0 radical (unpaired) electrons. The molecule has 0 amide bonds. The molecule has 0 atom stereocenters. The largest absolute Gasteiger partial charge is 0.455 e. The average Bonchev–Trinajstić information content (AvgIpc) is 3.93. The molecule has 0 bridgehead atoms. The van der Waals surface area contributed by atoms with Gasteiger partial charge < -0.3 is 9.32 Å². The summed E-state index contributed by atoms with van der Waals surface area (Å²) in [4.78, 5) is 2.49. The first-order valence-electron chi connectivity index (χ1n) is 20.0. The van der Waals surface area contributed by atoms with Gasteiger partial charge in [0.2, 0.25) is 0 Å². The highest BCUT2D eigenvalue weighted by atomic mass is 32.1. The van der Waals surface area contributed by atoms with Crippen LogP contribution in [0.2, 0.25) is 0 Å². The van der Waals surface area contributed by atoms with Gasteiger partial charge in [-0.05, 0) is 92.9 Å². The van der Waals surface area contributed by atoms with E-state index in [1.807, 2.05) is 11.3 Å². The van der Waals surface area contributed by atoms with Crippen LogP contribution in [-0.2, 0) is 5.41 Å². The topological polar surface area (TPSA) is 16.4 Å². The zero-order chi connectivity index (χ0) is 38.5. The highest BCUT2D eigenvalue weighted by Crippen LogP contribution is 2.54. The number of furan rings is 1. The summed E-state index contributed by atoms with van der Waals surface area (Å²) in [5.74, 6) is 0. The lowest BCUT2D eigenvalue weighted by molar-refractivity contribution is 0.660. The molecule has 0 saturated heterocycles. The van der Waals surface area contributed by atoms with Crippen molar-refractivity contribution in [3.05, 3.63) is 199 Å². The fraction of sp³-hybridized carbons (Fsp3) is 0.0545. The second-order valence-electron chi connectivity index (χ2n) is 16.0. The number of anilines is 3. The molecule has 2 nitrogen and oxygen atoms in total. The van der Waals surface area contributed by atoms with Crippen molar-refractivity contribution < 1.29 is 4.42 Å². The molecule has 11 aromatic rings. The molecular weight excluding hydrogens is 723 g/mol. The summed E-state index contributed by atoms with van der Waals surface area (Å²) in [7, 11) is 0. The van der Waals surface area contributed by atoms with Crippen LogP contribution in [0, 0.1) is 0 Å². The van der Waals surface area contributed by atoms with E-state index < -0.39 is 0 Å². The van der Waals surface area contributed by atoms with Crippen molar-refractivity contribution in [1.82, 2.24) is 0 Å². The molecule has 274 valence electrons. The quantitative estimate of drug-likeness (QED) is 0.174. The second kappa shape index (κ2) is 12.5. The predicted octanol–water partition coefficient (Wildman–Crippen LogP) is 16.2. The van der Waals surface area contributed by atoms with E-state index in [-0.39, 0.29) is 5.41 Å². The van der Waals surface area contributed by atoms with Crippen LogP contribution in [0.5, 0.6) is 0 Å². The van der Waals surface area contributed by atoms with Gasteiger partial charge in [-0.1, -0.05) is 153 Å². The van der Waals surface area contributed by atoms with Crippen LogP contribution in [0.3, 0.4) is 0 Å². The molecule has 1 aliphatic rings. The van der Waals surface area contributed by atoms with Crippen LogP contribution in [-0.4, -0.2) is 0 Å². The number of hydrogen-bond acceptors (Lipinski definition) is 3. The van der Waals surface area contributed by atoms with Crippen LogP contribution < -0.4 is 4.90 Å². The minimum atomic E-state index is -0.0934. The first-order chi connectivity index (χ1) is 28.5. The molecule has 0 saturated carbocycles.